The van der Waals surface area contributed by atoms with Crippen LogP contribution in [0.1, 0.15) is 21.5 Å². The van der Waals surface area contributed by atoms with Gasteiger partial charge in [0, 0.05) is 10.6 Å². The Hall–Kier alpha value is -3.70. The molecule has 1 aliphatic rings. The number of nitrogens with zero attached hydrogens (tertiary/aromatic N) is 2. The van der Waals surface area contributed by atoms with E-state index < -0.39 is 5.97 Å². The summed E-state index contributed by atoms with van der Waals surface area (Å²) in [7, 11) is 1.33. The van der Waals surface area contributed by atoms with Crippen LogP contribution in [-0.4, -0.2) is 24.8 Å². The molecule has 6 heteroatoms. The third-order valence-corrected chi connectivity index (χ3v) is 4.86. The van der Waals surface area contributed by atoms with Gasteiger partial charge in [0.15, 0.2) is 0 Å². The van der Waals surface area contributed by atoms with Crippen molar-refractivity contribution in [2.75, 3.05) is 12.0 Å². The normalized spacial score (nSPS) is 14.7. The maximum absolute atomic E-state index is 13.2. The van der Waals surface area contributed by atoms with Crippen LogP contribution in [0.3, 0.4) is 0 Å². The second-order valence-electron chi connectivity index (χ2n) is 6.56. The van der Waals surface area contributed by atoms with Crippen LogP contribution in [0.5, 0.6) is 0 Å². The highest BCUT2D eigenvalue weighted by Crippen LogP contribution is 2.28. The van der Waals surface area contributed by atoms with E-state index in [-0.39, 0.29) is 5.91 Å². The van der Waals surface area contributed by atoms with Crippen LogP contribution in [0, 0.1) is 0 Å². The van der Waals surface area contributed by atoms with E-state index in [9.17, 15) is 9.59 Å². The van der Waals surface area contributed by atoms with Gasteiger partial charge in [0.2, 0.25) is 0 Å². The predicted molar refractivity (Wildman–Crippen MR) is 118 cm³/mol. The smallest absolute Gasteiger partial charge is 0.337 e. The zero-order chi connectivity index (χ0) is 21.1. The molecule has 0 atom stereocenters. The van der Waals surface area contributed by atoms with E-state index in [0.717, 1.165) is 16.8 Å². The number of para-hydroxylation sites is 1. The topological polar surface area (TPSA) is 59.0 Å². The molecule has 0 bridgehead atoms. The minimum Gasteiger partial charge on any atom is -0.465 e. The Bertz CT molecular complexity index is 1150. The molecule has 0 aliphatic carbocycles. The molecular weight excluding hydrogens is 400 g/mol. The molecule has 148 valence electrons. The van der Waals surface area contributed by atoms with Crippen LogP contribution >= 0.6 is 11.6 Å². The molecule has 3 aromatic rings. The van der Waals surface area contributed by atoms with Gasteiger partial charge in [-0.05, 0) is 60.2 Å². The van der Waals surface area contributed by atoms with Crippen LogP contribution in [0.25, 0.3) is 6.08 Å². The molecule has 0 N–H and O–H groups in total. The van der Waals surface area contributed by atoms with E-state index in [1.54, 1.807) is 47.4 Å². The summed E-state index contributed by atoms with van der Waals surface area (Å²) in [5.74, 6) is -0.118. The van der Waals surface area contributed by atoms with E-state index in [1.807, 2.05) is 42.5 Å². The molecule has 1 amide bonds. The number of amides is 1. The Morgan fingerprint density at radius 1 is 0.967 bits per heavy atom. The largest absolute Gasteiger partial charge is 0.465 e. The SMILES string of the molecule is COC(=O)c1ccc(/C=C2/N=C(c3ccc(Cl)cc3)N(c3ccccc3)C2=O)cc1. The molecule has 5 nitrogen and oxygen atoms in total. The van der Waals surface area contributed by atoms with Crippen molar-refractivity contribution in [2.24, 2.45) is 4.99 Å². The number of ether oxygens (including phenoxy) is 1. The van der Waals surface area contributed by atoms with E-state index in [1.165, 1.54) is 7.11 Å². The van der Waals surface area contributed by atoms with Crippen molar-refractivity contribution in [1.82, 2.24) is 0 Å². The Balaban J connectivity index is 1.75. The third kappa shape index (κ3) is 3.88. The standard InChI is InChI=1S/C24H17ClN2O3/c1-30-24(29)18-9-7-16(8-10-18)15-21-23(28)27(20-5-3-2-4-6-20)22(26-21)17-11-13-19(25)14-12-17/h2-15H,1H3/b21-15+. The maximum Gasteiger partial charge on any atom is 0.337 e. The number of hydrogen-bond acceptors (Lipinski definition) is 4. The highest BCUT2D eigenvalue weighted by molar-refractivity contribution is 6.34. The summed E-state index contributed by atoms with van der Waals surface area (Å²) < 4.78 is 4.71. The summed E-state index contributed by atoms with van der Waals surface area (Å²) in [6, 6.07) is 23.3. The van der Waals surface area contributed by atoms with Crippen molar-refractivity contribution in [1.29, 1.82) is 0 Å². The van der Waals surface area contributed by atoms with Crippen molar-refractivity contribution in [3.8, 4) is 0 Å². The minimum absolute atomic E-state index is 0.233. The molecule has 1 heterocycles. The van der Waals surface area contributed by atoms with Gasteiger partial charge in [-0.1, -0.05) is 41.9 Å². The highest BCUT2D eigenvalue weighted by Gasteiger charge is 2.32. The zero-order valence-corrected chi connectivity index (χ0v) is 16.8. The van der Waals surface area contributed by atoms with Gasteiger partial charge in [-0.25, -0.2) is 9.79 Å². The summed E-state index contributed by atoms with van der Waals surface area (Å²) in [5.41, 5.74) is 2.99. The van der Waals surface area contributed by atoms with Crippen LogP contribution in [-0.2, 0) is 9.53 Å². The van der Waals surface area contributed by atoms with Crippen LogP contribution < -0.4 is 4.90 Å². The van der Waals surface area contributed by atoms with Crippen molar-refractivity contribution in [3.05, 3.63) is 106 Å². The van der Waals surface area contributed by atoms with Gasteiger partial charge >= 0.3 is 5.97 Å². The number of halogens is 1. The highest BCUT2D eigenvalue weighted by atomic mass is 35.5. The molecule has 0 fully saturated rings. The predicted octanol–water partition coefficient (Wildman–Crippen LogP) is 4.96. The number of amidine groups is 1. The fourth-order valence-corrected chi connectivity index (χ4v) is 3.24. The van der Waals surface area contributed by atoms with Gasteiger partial charge in [0.25, 0.3) is 5.91 Å². The van der Waals surface area contributed by atoms with Crippen molar-refractivity contribution in [2.45, 2.75) is 0 Å². The Morgan fingerprint density at radius 3 is 2.27 bits per heavy atom. The van der Waals surface area contributed by atoms with E-state index in [2.05, 4.69) is 4.99 Å². The van der Waals surface area contributed by atoms with Gasteiger partial charge in [0.05, 0.1) is 18.4 Å². The lowest BCUT2D eigenvalue weighted by atomic mass is 10.1. The first-order valence-corrected chi connectivity index (χ1v) is 9.59. The lowest BCUT2D eigenvalue weighted by molar-refractivity contribution is -0.113. The number of aliphatic imine (C=N–C) groups is 1. The van der Waals surface area contributed by atoms with Crippen LogP contribution in [0.2, 0.25) is 5.02 Å². The number of hydrogen-bond donors (Lipinski definition) is 0. The van der Waals surface area contributed by atoms with Crippen molar-refractivity contribution < 1.29 is 14.3 Å². The van der Waals surface area contributed by atoms with E-state index in [0.29, 0.717) is 22.1 Å². The second kappa shape index (κ2) is 8.35. The van der Waals surface area contributed by atoms with E-state index >= 15 is 0 Å². The second-order valence-corrected chi connectivity index (χ2v) is 7.00. The molecular formula is C24H17ClN2O3. The number of methoxy groups -OCH3 is 1. The first-order chi connectivity index (χ1) is 14.6. The maximum atomic E-state index is 13.2. The molecule has 0 spiro atoms. The third-order valence-electron chi connectivity index (χ3n) is 4.61. The number of anilines is 1. The fourth-order valence-electron chi connectivity index (χ4n) is 3.12. The summed E-state index contributed by atoms with van der Waals surface area (Å²) in [4.78, 5) is 31.0. The Morgan fingerprint density at radius 2 is 1.63 bits per heavy atom. The zero-order valence-electron chi connectivity index (χ0n) is 16.1. The number of rotatable bonds is 4. The van der Waals surface area contributed by atoms with E-state index in [4.69, 9.17) is 16.3 Å². The molecule has 0 aromatic heterocycles. The summed E-state index contributed by atoms with van der Waals surface area (Å²) in [5, 5.41) is 0.608. The number of carbonyl (C=O) groups is 2. The average Bonchev–Trinajstić information content (AvgIpc) is 3.10. The summed E-state index contributed by atoms with van der Waals surface area (Å²) >= 11 is 6.02. The van der Waals surface area contributed by atoms with Crippen LogP contribution in [0.4, 0.5) is 5.69 Å². The summed E-state index contributed by atoms with van der Waals surface area (Å²) in [6.45, 7) is 0. The van der Waals surface area contributed by atoms with Crippen molar-refractivity contribution in [3.63, 3.8) is 0 Å². The first-order valence-electron chi connectivity index (χ1n) is 9.21. The van der Waals surface area contributed by atoms with Gasteiger partial charge in [-0.15, -0.1) is 0 Å². The lowest BCUT2D eigenvalue weighted by Gasteiger charge is -2.18. The lowest BCUT2D eigenvalue weighted by Crippen LogP contribution is -2.32. The number of esters is 1. The van der Waals surface area contributed by atoms with Crippen LogP contribution in [0.15, 0.2) is 89.6 Å². The molecule has 0 unspecified atom stereocenters. The molecule has 3 aromatic carbocycles. The summed E-state index contributed by atoms with van der Waals surface area (Å²) in [6.07, 6.45) is 1.70. The quantitative estimate of drug-likeness (QED) is 0.446. The number of carbonyl (C=O) groups excluding carboxylic acids is 2. The van der Waals surface area contributed by atoms with Crippen molar-refractivity contribution >= 4 is 41.1 Å². The molecule has 4 rings (SSSR count). The molecule has 30 heavy (non-hydrogen) atoms. The first kappa shape index (κ1) is 19.6. The average molecular weight is 417 g/mol. The molecule has 0 saturated carbocycles. The Labute approximate surface area is 178 Å². The van der Waals surface area contributed by atoms with Gasteiger partial charge in [-0.2, -0.15) is 0 Å². The number of benzene rings is 3. The van der Waals surface area contributed by atoms with Gasteiger partial charge in [-0.3, -0.25) is 9.69 Å². The minimum atomic E-state index is -0.413. The molecule has 0 radical (unpaired) electrons. The molecule has 1 aliphatic heterocycles. The molecule has 0 saturated heterocycles. The van der Waals surface area contributed by atoms with Gasteiger partial charge in [0.1, 0.15) is 11.5 Å². The van der Waals surface area contributed by atoms with Gasteiger partial charge < -0.3 is 4.74 Å². The Kier molecular flexibility index (Phi) is 5.46. The monoisotopic (exact) mass is 416 g/mol. The fraction of sp³-hybridized carbons (Fsp3) is 0.0417.